The van der Waals surface area contributed by atoms with E-state index in [-0.39, 0.29) is 0 Å². The van der Waals surface area contributed by atoms with E-state index in [1.165, 1.54) is 22.3 Å². The summed E-state index contributed by atoms with van der Waals surface area (Å²) in [6.45, 7) is 9.43. The second-order valence-electron chi connectivity index (χ2n) is 7.17. The van der Waals surface area contributed by atoms with Gasteiger partial charge in [0.1, 0.15) is 5.60 Å². The van der Waals surface area contributed by atoms with Crippen LogP contribution in [0.2, 0.25) is 0 Å². The first-order valence-corrected chi connectivity index (χ1v) is 8.60. The molecule has 1 aliphatic carbocycles. The minimum atomic E-state index is -0.860. The molecule has 0 atom stereocenters. The van der Waals surface area contributed by atoms with Gasteiger partial charge in [-0.15, -0.1) is 0 Å². The van der Waals surface area contributed by atoms with Gasteiger partial charge in [-0.05, 0) is 55.5 Å². The molecule has 0 saturated heterocycles. The summed E-state index contributed by atoms with van der Waals surface area (Å²) in [5, 5.41) is 15.0. The van der Waals surface area contributed by atoms with E-state index < -0.39 is 5.60 Å². The predicted octanol–water partition coefficient (Wildman–Crippen LogP) is 4.30. The van der Waals surface area contributed by atoms with Crippen molar-refractivity contribution < 1.29 is 5.11 Å². The number of hydrogen-bond acceptors (Lipinski definition) is 2. The maximum atomic E-state index is 11.6. The molecule has 2 aromatic rings. The molecule has 0 aliphatic heterocycles. The van der Waals surface area contributed by atoms with Crippen LogP contribution in [-0.2, 0) is 5.60 Å². The van der Waals surface area contributed by atoms with Crippen molar-refractivity contribution in [2.45, 2.75) is 52.2 Å². The van der Waals surface area contributed by atoms with Crippen molar-refractivity contribution in [3.8, 4) is 11.1 Å². The summed E-state index contributed by atoms with van der Waals surface area (Å²) in [4.78, 5) is 0. The van der Waals surface area contributed by atoms with Gasteiger partial charge in [0.25, 0.3) is 0 Å². The summed E-state index contributed by atoms with van der Waals surface area (Å²) >= 11 is 0. The quantitative estimate of drug-likeness (QED) is 0.807. The smallest absolute Gasteiger partial charge is 0.116 e. The highest BCUT2D eigenvalue weighted by Gasteiger charge is 2.41. The lowest BCUT2D eigenvalue weighted by atomic mass is 9.86. The molecule has 2 heteroatoms. The van der Waals surface area contributed by atoms with Crippen molar-refractivity contribution in [1.29, 1.82) is 0 Å². The highest BCUT2D eigenvalue weighted by molar-refractivity contribution is 5.80. The first-order valence-electron chi connectivity index (χ1n) is 8.60. The van der Waals surface area contributed by atoms with Crippen molar-refractivity contribution in [2.24, 2.45) is 0 Å². The lowest BCUT2D eigenvalue weighted by Crippen LogP contribution is -2.29. The van der Waals surface area contributed by atoms with E-state index in [1.807, 2.05) is 0 Å². The Bertz CT molecular complexity index is 666. The van der Waals surface area contributed by atoms with Crippen molar-refractivity contribution in [3.63, 3.8) is 0 Å². The van der Waals surface area contributed by atoms with E-state index >= 15 is 0 Å². The molecule has 2 aromatic carbocycles. The van der Waals surface area contributed by atoms with Crippen LogP contribution in [0.5, 0.6) is 0 Å². The zero-order valence-electron chi connectivity index (χ0n) is 14.6. The van der Waals surface area contributed by atoms with Gasteiger partial charge in [-0.3, -0.25) is 0 Å². The number of aliphatic hydroxyl groups is 1. The maximum Gasteiger partial charge on any atom is 0.116 e. The molecule has 0 radical (unpaired) electrons. The van der Waals surface area contributed by atoms with E-state index in [0.29, 0.717) is 6.04 Å². The molecule has 0 bridgehead atoms. The average molecular weight is 309 g/mol. The molecule has 0 amide bonds. The van der Waals surface area contributed by atoms with Crippen LogP contribution in [0.1, 0.15) is 48.9 Å². The predicted molar refractivity (Wildman–Crippen MR) is 96.7 cm³/mol. The van der Waals surface area contributed by atoms with Crippen LogP contribution in [-0.4, -0.2) is 17.7 Å². The monoisotopic (exact) mass is 309 g/mol. The first kappa shape index (κ1) is 16.2. The van der Waals surface area contributed by atoms with Gasteiger partial charge in [-0.2, -0.15) is 0 Å². The maximum absolute atomic E-state index is 11.6. The lowest BCUT2D eigenvalue weighted by Gasteiger charge is -2.27. The molecule has 0 fully saturated rings. The van der Waals surface area contributed by atoms with Crippen molar-refractivity contribution in [2.75, 3.05) is 6.54 Å². The molecule has 2 N–H and O–H groups in total. The molecule has 23 heavy (non-hydrogen) atoms. The Morgan fingerprint density at radius 3 is 1.96 bits per heavy atom. The molecular formula is C21H27NO. The number of nitrogens with one attached hydrogen (secondary N) is 1. The van der Waals surface area contributed by atoms with Gasteiger partial charge in [0.05, 0.1) is 0 Å². The normalized spacial score (nSPS) is 14.9. The molecule has 1 aliphatic rings. The third kappa shape index (κ3) is 2.93. The van der Waals surface area contributed by atoms with Crippen LogP contribution in [0, 0.1) is 13.8 Å². The molecule has 0 heterocycles. The molecule has 0 unspecified atom stereocenters. The van der Waals surface area contributed by atoms with Crippen molar-refractivity contribution >= 4 is 0 Å². The van der Waals surface area contributed by atoms with E-state index in [1.54, 1.807) is 0 Å². The van der Waals surface area contributed by atoms with E-state index in [4.69, 9.17) is 0 Å². The van der Waals surface area contributed by atoms with Crippen molar-refractivity contribution in [1.82, 2.24) is 5.32 Å². The SMILES string of the molecule is Cc1ccc2c(c1)C(O)(CCCNC(C)C)c1cc(C)ccc1-2. The fourth-order valence-corrected chi connectivity index (χ4v) is 3.62. The summed E-state index contributed by atoms with van der Waals surface area (Å²) in [6, 6.07) is 13.4. The molecule has 122 valence electrons. The second-order valence-corrected chi connectivity index (χ2v) is 7.17. The van der Waals surface area contributed by atoms with Crippen LogP contribution in [0.15, 0.2) is 36.4 Å². The van der Waals surface area contributed by atoms with Gasteiger partial charge in [0.2, 0.25) is 0 Å². The van der Waals surface area contributed by atoms with Gasteiger partial charge >= 0.3 is 0 Å². The van der Waals surface area contributed by atoms with Gasteiger partial charge in [0.15, 0.2) is 0 Å². The first-order chi connectivity index (χ1) is 10.9. The minimum absolute atomic E-state index is 0.484. The number of rotatable bonds is 5. The van der Waals surface area contributed by atoms with Gasteiger partial charge in [-0.1, -0.05) is 61.4 Å². The molecule has 0 saturated carbocycles. The summed E-state index contributed by atoms with van der Waals surface area (Å²) in [6.07, 6.45) is 1.70. The third-order valence-corrected chi connectivity index (χ3v) is 4.80. The van der Waals surface area contributed by atoms with Gasteiger partial charge in [-0.25, -0.2) is 0 Å². The topological polar surface area (TPSA) is 32.3 Å². The molecule has 0 spiro atoms. The van der Waals surface area contributed by atoms with Gasteiger partial charge in [0, 0.05) is 6.04 Å². The Kier molecular flexibility index (Phi) is 4.31. The summed E-state index contributed by atoms with van der Waals surface area (Å²) < 4.78 is 0. The molecule has 0 aromatic heterocycles. The number of aryl methyl sites for hydroxylation is 2. The highest BCUT2D eigenvalue weighted by Crippen LogP contribution is 2.50. The van der Waals surface area contributed by atoms with E-state index in [2.05, 4.69) is 69.4 Å². The molecule has 3 rings (SSSR count). The van der Waals surface area contributed by atoms with Crippen LogP contribution in [0.3, 0.4) is 0 Å². The zero-order valence-corrected chi connectivity index (χ0v) is 14.6. The standard InChI is InChI=1S/C21H27NO/c1-14(2)22-11-5-10-21(23)19-12-15(3)6-8-17(19)18-9-7-16(4)13-20(18)21/h6-9,12-14,22-23H,5,10-11H2,1-4H3. The second kappa shape index (κ2) is 6.10. The fourth-order valence-electron chi connectivity index (χ4n) is 3.62. The Labute approximate surface area is 139 Å². The third-order valence-electron chi connectivity index (χ3n) is 4.80. The lowest BCUT2D eigenvalue weighted by molar-refractivity contribution is 0.0732. The minimum Gasteiger partial charge on any atom is -0.380 e. The Morgan fingerprint density at radius 2 is 1.48 bits per heavy atom. The zero-order chi connectivity index (χ0) is 16.6. The van der Waals surface area contributed by atoms with E-state index in [9.17, 15) is 5.11 Å². The van der Waals surface area contributed by atoms with Crippen LogP contribution < -0.4 is 5.32 Å². The summed E-state index contributed by atoms with van der Waals surface area (Å²) in [5.41, 5.74) is 6.06. The van der Waals surface area contributed by atoms with Crippen LogP contribution >= 0.6 is 0 Å². The fraction of sp³-hybridized carbons (Fsp3) is 0.429. The van der Waals surface area contributed by atoms with Crippen LogP contribution in [0.4, 0.5) is 0 Å². The summed E-state index contributed by atoms with van der Waals surface area (Å²) in [5.74, 6) is 0. The average Bonchev–Trinajstić information content (AvgIpc) is 2.73. The van der Waals surface area contributed by atoms with Crippen LogP contribution in [0.25, 0.3) is 11.1 Å². The molecule has 2 nitrogen and oxygen atoms in total. The largest absolute Gasteiger partial charge is 0.380 e. The van der Waals surface area contributed by atoms with Gasteiger partial charge < -0.3 is 10.4 Å². The van der Waals surface area contributed by atoms with E-state index in [0.717, 1.165) is 30.5 Å². The number of fused-ring (bicyclic) bond motifs is 3. The number of hydrogen-bond donors (Lipinski definition) is 2. The highest BCUT2D eigenvalue weighted by atomic mass is 16.3. The number of benzene rings is 2. The Morgan fingerprint density at radius 1 is 0.957 bits per heavy atom. The Hall–Kier alpha value is -1.64. The molecular weight excluding hydrogens is 282 g/mol. The van der Waals surface area contributed by atoms with Crippen molar-refractivity contribution in [3.05, 3.63) is 58.7 Å². The Balaban J connectivity index is 1.98. The summed E-state index contributed by atoms with van der Waals surface area (Å²) in [7, 11) is 0.